The molecule has 3 N–H and O–H groups in total. The van der Waals surface area contributed by atoms with Crippen molar-refractivity contribution in [2.24, 2.45) is 0 Å². The first kappa shape index (κ1) is 19.1. The Labute approximate surface area is 151 Å². The maximum Gasteiger partial charge on any atom is 0.319 e. The maximum atomic E-state index is 12.7. The number of benzene rings is 1. The van der Waals surface area contributed by atoms with Crippen LogP contribution in [0.15, 0.2) is 24.3 Å². The summed E-state index contributed by atoms with van der Waals surface area (Å²) in [6, 6.07) is 6.06. The van der Waals surface area contributed by atoms with Crippen molar-refractivity contribution in [1.29, 1.82) is 0 Å². The van der Waals surface area contributed by atoms with Gasteiger partial charge in [-0.25, -0.2) is 4.79 Å². The molecule has 8 heteroatoms. The lowest BCUT2D eigenvalue weighted by atomic mass is 10.1. The van der Waals surface area contributed by atoms with Crippen LogP contribution >= 0.6 is 11.8 Å². The molecule has 0 saturated carbocycles. The van der Waals surface area contributed by atoms with Crippen LogP contribution in [0.4, 0.5) is 10.5 Å². The number of carboxylic acid groups (broad SMARTS) is 1. The number of thioether (sulfide) groups is 1. The highest BCUT2D eigenvalue weighted by atomic mass is 32.2. The van der Waals surface area contributed by atoms with Crippen LogP contribution in [0.2, 0.25) is 0 Å². The first-order valence-electron chi connectivity index (χ1n) is 8.15. The summed E-state index contributed by atoms with van der Waals surface area (Å²) in [5.41, 5.74) is 1.07. The highest BCUT2D eigenvalue weighted by molar-refractivity contribution is 7.99. The van der Waals surface area contributed by atoms with Crippen molar-refractivity contribution in [3.05, 3.63) is 29.8 Å². The summed E-state index contributed by atoms with van der Waals surface area (Å²) in [6.45, 7) is 4.27. The monoisotopic (exact) mass is 365 g/mol. The van der Waals surface area contributed by atoms with Gasteiger partial charge in [-0.2, -0.15) is 11.8 Å². The fraction of sp³-hybridized carbons (Fsp3) is 0.471. The molecule has 1 aromatic rings. The van der Waals surface area contributed by atoms with Gasteiger partial charge in [-0.3, -0.25) is 9.59 Å². The van der Waals surface area contributed by atoms with Gasteiger partial charge in [0.05, 0.1) is 12.5 Å². The molecular weight excluding hydrogens is 342 g/mol. The molecule has 136 valence electrons. The van der Waals surface area contributed by atoms with E-state index in [0.29, 0.717) is 23.5 Å². The summed E-state index contributed by atoms with van der Waals surface area (Å²) in [5, 5.41) is 14.4. The number of hydrogen-bond acceptors (Lipinski definition) is 4. The number of carboxylic acids is 1. The van der Waals surface area contributed by atoms with E-state index in [4.69, 9.17) is 5.11 Å². The van der Waals surface area contributed by atoms with Gasteiger partial charge in [0, 0.05) is 35.3 Å². The number of anilines is 1. The number of hydrogen-bond donors (Lipinski definition) is 3. The molecular formula is C17H23N3O4S. The van der Waals surface area contributed by atoms with E-state index >= 15 is 0 Å². The Morgan fingerprint density at radius 2 is 1.96 bits per heavy atom. The molecule has 0 aromatic heterocycles. The van der Waals surface area contributed by atoms with Crippen LogP contribution in [-0.4, -0.2) is 58.0 Å². The molecule has 0 aliphatic carbocycles. The van der Waals surface area contributed by atoms with Gasteiger partial charge in [0.2, 0.25) is 0 Å². The van der Waals surface area contributed by atoms with Crippen molar-refractivity contribution in [3.63, 3.8) is 0 Å². The van der Waals surface area contributed by atoms with Gasteiger partial charge < -0.3 is 20.6 Å². The summed E-state index contributed by atoms with van der Waals surface area (Å²) < 4.78 is 0. The second kappa shape index (κ2) is 8.75. The molecule has 1 aliphatic heterocycles. The van der Waals surface area contributed by atoms with Crippen molar-refractivity contribution in [2.75, 3.05) is 23.4 Å². The van der Waals surface area contributed by atoms with E-state index in [1.807, 2.05) is 13.8 Å². The molecule has 25 heavy (non-hydrogen) atoms. The van der Waals surface area contributed by atoms with Crippen LogP contribution in [0, 0.1) is 0 Å². The van der Waals surface area contributed by atoms with E-state index in [0.717, 1.165) is 5.75 Å². The van der Waals surface area contributed by atoms with E-state index < -0.39 is 5.97 Å². The Kier molecular flexibility index (Phi) is 6.69. The van der Waals surface area contributed by atoms with Gasteiger partial charge in [0.15, 0.2) is 0 Å². The predicted molar refractivity (Wildman–Crippen MR) is 98.1 cm³/mol. The van der Waals surface area contributed by atoms with Gasteiger partial charge in [-0.05, 0) is 38.1 Å². The largest absolute Gasteiger partial charge is 0.481 e. The minimum absolute atomic E-state index is 0.0315. The van der Waals surface area contributed by atoms with Crippen molar-refractivity contribution >= 4 is 35.4 Å². The first-order valence-corrected chi connectivity index (χ1v) is 9.30. The quantitative estimate of drug-likeness (QED) is 0.743. The number of aliphatic carboxylic acids is 1. The van der Waals surface area contributed by atoms with Gasteiger partial charge in [0.25, 0.3) is 5.91 Å². The molecule has 3 amide bonds. The first-order chi connectivity index (χ1) is 11.9. The number of amides is 3. The fourth-order valence-corrected chi connectivity index (χ4v) is 3.65. The maximum absolute atomic E-state index is 12.7. The number of urea groups is 1. The minimum atomic E-state index is -0.902. The Bertz CT molecular complexity index is 633. The highest BCUT2D eigenvalue weighted by Gasteiger charge is 2.29. The third-order valence-electron chi connectivity index (χ3n) is 3.71. The third kappa shape index (κ3) is 5.67. The summed E-state index contributed by atoms with van der Waals surface area (Å²) in [5.74, 6) is 0.356. The second-order valence-corrected chi connectivity index (χ2v) is 7.31. The van der Waals surface area contributed by atoms with E-state index in [1.165, 1.54) is 0 Å². The minimum Gasteiger partial charge on any atom is -0.481 e. The van der Waals surface area contributed by atoms with E-state index in [9.17, 15) is 14.4 Å². The van der Waals surface area contributed by atoms with Crippen molar-refractivity contribution in [1.82, 2.24) is 10.2 Å². The summed E-state index contributed by atoms with van der Waals surface area (Å²) in [7, 11) is 0. The number of carbonyl (C=O) groups is 3. The topological polar surface area (TPSA) is 98.7 Å². The normalized spacial score (nSPS) is 17.2. The fourth-order valence-electron chi connectivity index (χ4n) is 2.58. The van der Waals surface area contributed by atoms with Crippen LogP contribution < -0.4 is 10.6 Å². The number of carbonyl (C=O) groups excluding carboxylic acids is 2. The van der Waals surface area contributed by atoms with Crippen LogP contribution in [0.25, 0.3) is 0 Å². The van der Waals surface area contributed by atoms with E-state index in [1.54, 1.807) is 40.9 Å². The molecule has 1 heterocycles. The number of rotatable bonds is 5. The molecule has 1 atom stereocenters. The summed E-state index contributed by atoms with van der Waals surface area (Å²) in [6.07, 6.45) is -0.0479. The Balaban J connectivity index is 2.03. The average Bonchev–Trinajstić information content (AvgIpc) is 2.54. The van der Waals surface area contributed by atoms with Gasteiger partial charge in [-0.1, -0.05) is 0 Å². The number of nitrogens with one attached hydrogen (secondary N) is 2. The molecule has 1 aromatic carbocycles. The van der Waals surface area contributed by atoms with Crippen LogP contribution in [0.1, 0.15) is 30.6 Å². The third-order valence-corrected chi connectivity index (χ3v) is 4.80. The van der Waals surface area contributed by atoms with Crippen molar-refractivity contribution < 1.29 is 19.5 Å². The molecule has 0 spiro atoms. The Morgan fingerprint density at radius 1 is 1.28 bits per heavy atom. The molecule has 1 fully saturated rings. The standard InChI is InChI=1S/C17H23N3O4S/c1-11(2)18-17(24)19-13-5-3-12(4-6-13)16(23)20-7-8-25-10-14(20)9-15(21)22/h3-6,11,14H,7-10H2,1-2H3,(H,21,22)(H2,18,19,24). The second-order valence-electron chi connectivity index (χ2n) is 6.16. The van der Waals surface area contributed by atoms with Crippen LogP contribution in [0.5, 0.6) is 0 Å². The van der Waals surface area contributed by atoms with E-state index in [2.05, 4.69) is 10.6 Å². The SMILES string of the molecule is CC(C)NC(=O)Nc1ccc(C(=O)N2CCSCC2CC(=O)O)cc1. The Hall–Kier alpha value is -2.22. The molecule has 7 nitrogen and oxygen atoms in total. The van der Waals surface area contributed by atoms with Crippen LogP contribution in [0.3, 0.4) is 0 Å². The average molecular weight is 365 g/mol. The number of nitrogens with zero attached hydrogens (tertiary/aromatic N) is 1. The zero-order chi connectivity index (χ0) is 18.4. The van der Waals surface area contributed by atoms with Crippen LogP contribution in [-0.2, 0) is 4.79 Å². The lowest BCUT2D eigenvalue weighted by molar-refractivity contribution is -0.138. The van der Waals surface area contributed by atoms with Crippen molar-refractivity contribution in [2.45, 2.75) is 32.4 Å². The predicted octanol–water partition coefficient (Wildman–Crippen LogP) is 2.25. The molecule has 1 saturated heterocycles. The smallest absolute Gasteiger partial charge is 0.319 e. The van der Waals surface area contributed by atoms with Gasteiger partial charge in [0.1, 0.15) is 0 Å². The summed E-state index contributed by atoms with van der Waals surface area (Å²) >= 11 is 1.66. The lowest BCUT2D eigenvalue weighted by Crippen LogP contribution is -2.47. The zero-order valence-corrected chi connectivity index (χ0v) is 15.1. The molecule has 0 radical (unpaired) electrons. The summed E-state index contributed by atoms with van der Waals surface area (Å²) in [4.78, 5) is 37.0. The zero-order valence-electron chi connectivity index (χ0n) is 14.3. The molecule has 0 bridgehead atoms. The lowest BCUT2D eigenvalue weighted by Gasteiger charge is -2.34. The Morgan fingerprint density at radius 3 is 2.56 bits per heavy atom. The molecule has 2 rings (SSSR count). The molecule has 1 unspecified atom stereocenters. The van der Waals surface area contributed by atoms with E-state index in [-0.39, 0.29) is 30.4 Å². The highest BCUT2D eigenvalue weighted by Crippen LogP contribution is 2.22. The van der Waals surface area contributed by atoms with Gasteiger partial charge >= 0.3 is 12.0 Å². The van der Waals surface area contributed by atoms with Gasteiger partial charge in [-0.15, -0.1) is 0 Å². The molecule has 1 aliphatic rings. The van der Waals surface area contributed by atoms with Crippen molar-refractivity contribution in [3.8, 4) is 0 Å².